The second kappa shape index (κ2) is 3.61. The predicted octanol–water partition coefficient (Wildman–Crippen LogP) is 1.88. The summed E-state index contributed by atoms with van der Waals surface area (Å²) in [6, 6.07) is 2.59. The molecule has 1 N–H and O–H groups in total. The van der Waals surface area contributed by atoms with E-state index in [0.717, 1.165) is 0 Å². The standard InChI is InChI=1S/C11H11F2NO/c1-6-2-8(12)11(9(13)3-6)7-4-10(15)14-5-7/h2-3,7H,4-5H2,1H3,(H,14,15)/t7-/m0/s1. The van der Waals surface area contributed by atoms with Gasteiger partial charge in [0.1, 0.15) is 11.6 Å². The summed E-state index contributed by atoms with van der Waals surface area (Å²) in [5.74, 6) is -1.65. The van der Waals surface area contributed by atoms with Gasteiger partial charge in [0.05, 0.1) is 0 Å². The fourth-order valence-corrected chi connectivity index (χ4v) is 1.91. The lowest BCUT2D eigenvalue weighted by Crippen LogP contribution is -2.14. The molecule has 80 valence electrons. The fraction of sp³-hybridized carbons (Fsp3) is 0.364. The second-order valence-corrected chi connectivity index (χ2v) is 3.85. The zero-order valence-corrected chi connectivity index (χ0v) is 8.31. The van der Waals surface area contributed by atoms with Crippen molar-refractivity contribution in [3.8, 4) is 0 Å². The van der Waals surface area contributed by atoms with Gasteiger partial charge in [-0.05, 0) is 24.6 Å². The smallest absolute Gasteiger partial charge is 0.220 e. The number of halogens is 2. The van der Waals surface area contributed by atoms with Gasteiger partial charge in [-0.3, -0.25) is 4.79 Å². The number of nitrogens with one attached hydrogen (secondary N) is 1. The first kappa shape index (κ1) is 10.1. The highest BCUT2D eigenvalue weighted by Crippen LogP contribution is 2.28. The van der Waals surface area contributed by atoms with Crippen LogP contribution in [0.15, 0.2) is 12.1 Å². The van der Waals surface area contributed by atoms with Gasteiger partial charge in [0, 0.05) is 24.4 Å². The lowest BCUT2D eigenvalue weighted by molar-refractivity contribution is -0.119. The summed E-state index contributed by atoms with van der Waals surface area (Å²) in [5, 5.41) is 2.56. The quantitative estimate of drug-likeness (QED) is 0.755. The Bertz CT molecular complexity index is 394. The van der Waals surface area contributed by atoms with E-state index >= 15 is 0 Å². The molecular weight excluding hydrogens is 200 g/mol. The molecule has 1 amide bonds. The second-order valence-electron chi connectivity index (χ2n) is 3.85. The molecule has 1 saturated heterocycles. The van der Waals surface area contributed by atoms with Crippen molar-refractivity contribution in [2.75, 3.05) is 6.54 Å². The minimum atomic E-state index is -0.561. The topological polar surface area (TPSA) is 29.1 Å². The molecule has 0 saturated carbocycles. The molecule has 1 aromatic rings. The predicted molar refractivity (Wildman–Crippen MR) is 51.5 cm³/mol. The number of amides is 1. The van der Waals surface area contributed by atoms with Crippen LogP contribution in [-0.4, -0.2) is 12.5 Å². The molecule has 1 heterocycles. The molecule has 1 aliphatic rings. The average molecular weight is 211 g/mol. The van der Waals surface area contributed by atoms with E-state index < -0.39 is 11.6 Å². The average Bonchev–Trinajstić information content (AvgIpc) is 2.49. The van der Waals surface area contributed by atoms with E-state index in [4.69, 9.17) is 0 Å². The van der Waals surface area contributed by atoms with Crippen LogP contribution in [0.5, 0.6) is 0 Å². The summed E-state index contributed by atoms with van der Waals surface area (Å²) in [6.45, 7) is 1.95. The Kier molecular flexibility index (Phi) is 2.42. The molecule has 0 unspecified atom stereocenters. The summed E-state index contributed by atoms with van der Waals surface area (Å²) >= 11 is 0. The maximum atomic E-state index is 13.5. The molecular formula is C11H11F2NO. The van der Waals surface area contributed by atoms with Crippen LogP contribution in [0.1, 0.15) is 23.5 Å². The lowest BCUT2D eigenvalue weighted by Gasteiger charge is -2.11. The highest BCUT2D eigenvalue weighted by molar-refractivity contribution is 5.79. The molecule has 0 aromatic heterocycles. The van der Waals surface area contributed by atoms with Gasteiger partial charge in [-0.25, -0.2) is 8.78 Å². The number of carbonyl (C=O) groups is 1. The Morgan fingerprint density at radius 1 is 1.33 bits per heavy atom. The Morgan fingerprint density at radius 2 is 1.93 bits per heavy atom. The van der Waals surface area contributed by atoms with E-state index in [1.807, 2.05) is 0 Å². The number of hydrogen-bond donors (Lipinski definition) is 1. The van der Waals surface area contributed by atoms with Crippen LogP contribution in [0, 0.1) is 18.6 Å². The van der Waals surface area contributed by atoms with E-state index in [2.05, 4.69) is 5.32 Å². The van der Waals surface area contributed by atoms with E-state index in [-0.39, 0.29) is 23.8 Å². The van der Waals surface area contributed by atoms with Crippen molar-refractivity contribution in [3.05, 3.63) is 34.9 Å². The number of hydrogen-bond acceptors (Lipinski definition) is 1. The Balaban J connectivity index is 2.39. The first-order valence-electron chi connectivity index (χ1n) is 4.80. The molecule has 2 nitrogen and oxygen atoms in total. The minimum absolute atomic E-state index is 0.0268. The van der Waals surface area contributed by atoms with Gasteiger partial charge < -0.3 is 5.32 Å². The summed E-state index contributed by atoms with van der Waals surface area (Å²) < 4.78 is 27.0. The van der Waals surface area contributed by atoms with E-state index in [1.54, 1.807) is 6.92 Å². The van der Waals surface area contributed by atoms with Crippen LogP contribution < -0.4 is 5.32 Å². The highest BCUT2D eigenvalue weighted by atomic mass is 19.1. The van der Waals surface area contributed by atoms with Crippen molar-refractivity contribution >= 4 is 5.91 Å². The van der Waals surface area contributed by atoms with Crippen molar-refractivity contribution < 1.29 is 13.6 Å². The van der Waals surface area contributed by atoms with Crippen molar-refractivity contribution in [1.82, 2.24) is 5.32 Å². The Hall–Kier alpha value is -1.45. The monoisotopic (exact) mass is 211 g/mol. The molecule has 1 fully saturated rings. The van der Waals surface area contributed by atoms with Gasteiger partial charge in [-0.2, -0.15) is 0 Å². The van der Waals surface area contributed by atoms with Gasteiger partial charge >= 0.3 is 0 Å². The number of rotatable bonds is 1. The van der Waals surface area contributed by atoms with Gasteiger partial charge in [0.15, 0.2) is 0 Å². The molecule has 4 heteroatoms. The largest absolute Gasteiger partial charge is 0.355 e. The molecule has 2 rings (SSSR count). The molecule has 1 atom stereocenters. The molecule has 0 bridgehead atoms. The lowest BCUT2D eigenvalue weighted by atomic mass is 9.96. The Morgan fingerprint density at radius 3 is 2.40 bits per heavy atom. The van der Waals surface area contributed by atoms with Crippen LogP contribution in [0.4, 0.5) is 8.78 Å². The van der Waals surface area contributed by atoms with Gasteiger partial charge in [-0.1, -0.05) is 0 Å². The van der Waals surface area contributed by atoms with Crippen LogP contribution in [0.3, 0.4) is 0 Å². The van der Waals surface area contributed by atoms with Gasteiger partial charge in [0.25, 0.3) is 0 Å². The fourth-order valence-electron chi connectivity index (χ4n) is 1.91. The molecule has 1 aromatic carbocycles. The molecule has 0 radical (unpaired) electrons. The third kappa shape index (κ3) is 1.84. The van der Waals surface area contributed by atoms with Crippen molar-refractivity contribution in [3.63, 3.8) is 0 Å². The summed E-state index contributed by atoms with van der Waals surface area (Å²) in [5.41, 5.74) is 0.574. The van der Waals surface area contributed by atoms with Crippen molar-refractivity contribution in [2.24, 2.45) is 0 Å². The van der Waals surface area contributed by atoms with Gasteiger partial charge in [-0.15, -0.1) is 0 Å². The number of aryl methyl sites for hydroxylation is 1. The molecule has 0 spiro atoms. The minimum Gasteiger partial charge on any atom is -0.355 e. The normalized spacial score (nSPS) is 20.5. The summed E-state index contributed by atoms with van der Waals surface area (Å²) in [4.78, 5) is 11.0. The number of carbonyl (C=O) groups excluding carboxylic acids is 1. The maximum Gasteiger partial charge on any atom is 0.220 e. The third-order valence-electron chi connectivity index (χ3n) is 2.61. The first-order valence-corrected chi connectivity index (χ1v) is 4.80. The maximum absolute atomic E-state index is 13.5. The van der Waals surface area contributed by atoms with Crippen LogP contribution in [0.2, 0.25) is 0 Å². The number of benzene rings is 1. The first-order chi connectivity index (χ1) is 7.08. The van der Waals surface area contributed by atoms with Crippen LogP contribution >= 0.6 is 0 Å². The SMILES string of the molecule is Cc1cc(F)c([C@@H]2CNC(=O)C2)c(F)c1. The van der Waals surface area contributed by atoms with Gasteiger partial charge in [0.2, 0.25) is 5.91 Å². The molecule has 1 aliphatic heterocycles. The van der Waals surface area contributed by atoms with E-state index in [1.165, 1.54) is 12.1 Å². The van der Waals surface area contributed by atoms with E-state index in [9.17, 15) is 13.6 Å². The van der Waals surface area contributed by atoms with Crippen molar-refractivity contribution in [2.45, 2.75) is 19.3 Å². The highest BCUT2D eigenvalue weighted by Gasteiger charge is 2.28. The summed E-state index contributed by atoms with van der Waals surface area (Å²) in [6.07, 6.45) is 0.164. The van der Waals surface area contributed by atoms with E-state index in [0.29, 0.717) is 12.1 Å². The molecule has 15 heavy (non-hydrogen) atoms. The zero-order chi connectivity index (χ0) is 11.0. The third-order valence-corrected chi connectivity index (χ3v) is 2.61. The molecule has 0 aliphatic carbocycles. The zero-order valence-electron chi connectivity index (χ0n) is 8.31. The Labute approximate surface area is 86.3 Å². The van der Waals surface area contributed by atoms with Crippen molar-refractivity contribution in [1.29, 1.82) is 0 Å². The van der Waals surface area contributed by atoms with Crippen LogP contribution in [0.25, 0.3) is 0 Å². The summed E-state index contributed by atoms with van der Waals surface area (Å²) in [7, 11) is 0. The van der Waals surface area contributed by atoms with Crippen LogP contribution in [-0.2, 0) is 4.79 Å².